The van der Waals surface area contributed by atoms with E-state index in [1.54, 1.807) is 12.1 Å². The third-order valence-corrected chi connectivity index (χ3v) is 3.56. The van der Waals surface area contributed by atoms with Crippen molar-refractivity contribution < 1.29 is 4.79 Å². The highest BCUT2D eigenvalue weighted by atomic mass is 35.5. The van der Waals surface area contributed by atoms with Crippen LogP contribution in [-0.2, 0) is 0 Å². The van der Waals surface area contributed by atoms with E-state index in [0.717, 1.165) is 6.42 Å². The normalized spacial score (nSPS) is 15.1. The third-order valence-electron chi connectivity index (χ3n) is 3.24. The van der Waals surface area contributed by atoms with Crippen molar-refractivity contribution in [2.45, 2.75) is 32.1 Å². The first-order valence-corrected chi connectivity index (χ1v) is 6.86. The van der Waals surface area contributed by atoms with Crippen molar-refractivity contribution in [1.82, 2.24) is 5.32 Å². The van der Waals surface area contributed by atoms with Crippen LogP contribution in [0.3, 0.4) is 0 Å². The molecule has 2 nitrogen and oxygen atoms in total. The van der Waals surface area contributed by atoms with Crippen LogP contribution in [0.1, 0.15) is 42.5 Å². The Hall–Kier alpha value is -1.28. The Labute approximate surface area is 113 Å². The summed E-state index contributed by atoms with van der Waals surface area (Å²) in [6.45, 7) is 0.690. The lowest BCUT2D eigenvalue weighted by atomic mass is 9.97. The molecular weight excluding hydrogens is 246 g/mol. The van der Waals surface area contributed by atoms with Crippen LogP contribution in [0.2, 0.25) is 5.02 Å². The van der Waals surface area contributed by atoms with Crippen LogP contribution in [0.15, 0.2) is 35.9 Å². The van der Waals surface area contributed by atoms with Gasteiger partial charge in [0.05, 0.1) is 10.6 Å². The number of carbonyl (C=O) groups excluding carboxylic acids is 1. The minimum absolute atomic E-state index is 0.0861. The van der Waals surface area contributed by atoms with Crippen LogP contribution in [0.4, 0.5) is 0 Å². The van der Waals surface area contributed by atoms with Gasteiger partial charge in [0.1, 0.15) is 0 Å². The molecule has 1 aliphatic carbocycles. The summed E-state index contributed by atoms with van der Waals surface area (Å²) >= 11 is 5.97. The first-order chi connectivity index (χ1) is 8.77. The molecule has 0 atom stereocenters. The number of benzene rings is 1. The van der Waals surface area contributed by atoms with E-state index in [0.29, 0.717) is 17.1 Å². The molecule has 0 fully saturated rings. The second-order valence-corrected chi connectivity index (χ2v) is 5.00. The van der Waals surface area contributed by atoms with Gasteiger partial charge < -0.3 is 5.32 Å². The van der Waals surface area contributed by atoms with Gasteiger partial charge in [-0.15, -0.1) is 0 Å². The van der Waals surface area contributed by atoms with Crippen molar-refractivity contribution >= 4 is 17.5 Å². The number of hydrogen-bond acceptors (Lipinski definition) is 1. The topological polar surface area (TPSA) is 29.1 Å². The maximum atomic E-state index is 11.9. The quantitative estimate of drug-likeness (QED) is 0.819. The molecule has 0 heterocycles. The number of carbonyl (C=O) groups is 1. The second-order valence-electron chi connectivity index (χ2n) is 4.59. The summed E-state index contributed by atoms with van der Waals surface area (Å²) in [4.78, 5) is 11.9. The van der Waals surface area contributed by atoms with Crippen molar-refractivity contribution in [2.24, 2.45) is 0 Å². The van der Waals surface area contributed by atoms with Crippen LogP contribution in [0.5, 0.6) is 0 Å². The molecule has 1 aromatic rings. The van der Waals surface area contributed by atoms with Crippen LogP contribution in [0.25, 0.3) is 0 Å². The molecule has 0 unspecified atom stereocenters. The number of nitrogens with one attached hydrogen (secondary N) is 1. The summed E-state index contributed by atoms with van der Waals surface area (Å²) in [6, 6.07) is 7.13. The fourth-order valence-electron chi connectivity index (χ4n) is 2.21. The highest BCUT2D eigenvalue weighted by Gasteiger charge is 2.09. The average molecular weight is 264 g/mol. The fraction of sp³-hybridized carbons (Fsp3) is 0.400. The van der Waals surface area contributed by atoms with Crippen molar-refractivity contribution in [3.8, 4) is 0 Å². The number of amides is 1. The molecule has 18 heavy (non-hydrogen) atoms. The molecule has 0 saturated carbocycles. The van der Waals surface area contributed by atoms with Crippen molar-refractivity contribution in [1.29, 1.82) is 0 Å². The summed E-state index contributed by atoms with van der Waals surface area (Å²) in [7, 11) is 0. The smallest absolute Gasteiger partial charge is 0.252 e. The molecule has 0 radical (unpaired) electrons. The van der Waals surface area contributed by atoms with Gasteiger partial charge >= 0.3 is 0 Å². The third kappa shape index (κ3) is 3.61. The molecule has 0 saturated heterocycles. The van der Waals surface area contributed by atoms with Gasteiger partial charge in [0, 0.05) is 6.54 Å². The zero-order valence-electron chi connectivity index (χ0n) is 10.4. The van der Waals surface area contributed by atoms with Crippen molar-refractivity contribution in [3.63, 3.8) is 0 Å². The van der Waals surface area contributed by atoms with Crippen molar-refractivity contribution in [3.05, 3.63) is 46.5 Å². The molecule has 0 spiro atoms. The van der Waals surface area contributed by atoms with Gasteiger partial charge in [-0.1, -0.05) is 35.4 Å². The molecule has 2 rings (SSSR count). The Morgan fingerprint density at radius 2 is 2.11 bits per heavy atom. The van der Waals surface area contributed by atoms with Gasteiger partial charge in [0.15, 0.2) is 0 Å². The van der Waals surface area contributed by atoms with Crippen LogP contribution < -0.4 is 5.32 Å². The molecule has 1 N–H and O–H groups in total. The minimum atomic E-state index is -0.0861. The fourth-order valence-corrected chi connectivity index (χ4v) is 2.43. The predicted molar refractivity (Wildman–Crippen MR) is 75.0 cm³/mol. The second kappa shape index (κ2) is 6.60. The average Bonchev–Trinajstić information content (AvgIpc) is 2.40. The van der Waals surface area contributed by atoms with Crippen LogP contribution >= 0.6 is 11.6 Å². The van der Waals surface area contributed by atoms with Gasteiger partial charge in [-0.2, -0.15) is 0 Å². The van der Waals surface area contributed by atoms with E-state index in [-0.39, 0.29) is 5.91 Å². The van der Waals surface area contributed by atoms with Gasteiger partial charge in [0.25, 0.3) is 5.91 Å². The summed E-state index contributed by atoms with van der Waals surface area (Å²) < 4.78 is 0. The summed E-state index contributed by atoms with van der Waals surface area (Å²) in [6.07, 6.45) is 8.22. The molecule has 1 aliphatic rings. The summed E-state index contributed by atoms with van der Waals surface area (Å²) in [5.74, 6) is -0.0861. The van der Waals surface area contributed by atoms with E-state index in [2.05, 4.69) is 11.4 Å². The molecule has 1 aromatic carbocycles. The highest BCUT2D eigenvalue weighted by molar-refractivity contribution is 6.33. The van der Waals surface area contributed by atoms with Gasteiger partial charge in [-0.25, -0.2) is 0 Å². The number of halogens is 1. The first-order valence-electron chi connectivity index (χ1n) is 6.48. The largest absolute Gasteiger partial charge is 0.352 e. The summed E-state index contributed by atoms with van der Waals surface area (Å²) in [5.41, 5.74) is 2.03. The maximum absolute atomic E-state index is 11.9. The monoisotopic (exact) mass is 263 g/mol. The van der Waals surface area contributed by atoms with E-state index >= 15 is 0 Å². The van der Waals surface area contributed by atoms with Crippen LogP contribution in [0, 0.1) is 0 Å². The predicted octanol–water partition coefficient (Wildman–Crippen LogP) is 3.96. The lowest BCUT2D eigenvalue weighted by Crippen LogP contribution is -2.25. The number of rotatable bonds is 4. The van der Waals surface area contributed by atoms with E-state index in [4.69, 9.17) is 11.6 Å². The Morgan fingerprint density at radius 1 is 1.28 bits per heavy atom. The van der Waals surface area contributed by atoms with E-state index < -0.39 is 0 Å². The number of allylic oxidation sites excluding steroid dienone is 1. The lowest BCUT2D eigenvalue weighted by molar-refractivity contribution is 0.0954. The Kier molecular flexibility index (Phi) is 4.82. The maximum Gasteiger partial charge on any atom is 0.252 e. The van der Waals surface area contributed by atoms with E-state index in [1.165, 1.54) is 31.3 Å². The Morgan fingerprint density at radius 3 is 2.83 bits per heavy atom. The van der Waals surface area contributed by atoms with Crippen LogP contribution in [-0.4, -0.2) is 12.5 Å². The lowest BCUT2D eigenvalue weighted by Gasteiger charge is -2.13. The standard InChI is InChI=1S/C15H18ClNO/c16-14-9-5-4-8-13(14)15(18)17-11-10-12-6-2-1-3-7-12/h4-6,8-9H,1-3,7,10-11H2,(H,17,18). The molecule has 1 amide bonds. The van der Waals surface area contributed by atoms with Gasteiger partial charge in [0.2, 0.25) is 0 Å². The minimum Gasteiger partial charge on any atom is -0.352 e. The summed E-state index contributed by atoms with van der Waals surface area (Å²) in [5, 5.41) is 3.43. The zero-order chi connectivity index (χ0) is 12.8. The first kappa shape index (κ1) is 13.2. The SMILES string of the molecule is O=C(NCCC1=CCCCC1)c1ccccc1Cl. The molecule has 0 bridgehead atoms. The molecule has 0 aliphatic heterocycles. The molecular formula is C15H18ClNO. The number of hydrogen-bond donors (Lipinski definition) is 1. The molecule has 3 heteroatoms. The molecule has 0 aromatic heterocycles. The Bertz CT molecular complexity index is 454. The highest BCUT2D eigenvalue weighted by Crippen LogP contribution is 2.19. The molecule has 96 valence electrons. The zero-order valence-corrected chi connectivity index (χ0v) is 11.2. The van der Waals surface area contributed by atoms with Gasteiger partial charge in [-0.3, -0.25) is 4.79 Å². The Balaban J connectivity index is 1.82. The van der Waals surface area contributed by atoms with E-state index in [1.807, 2.05) is 12.1 Å². The van der Waals surface area contributed by atoms with E-state index in [9.17, 15) is 4.79 Å². The van der Waals surface area contributed by atoms with Gasteiger partial charge in [-0.05, 0) is 44.2 Å². The van der Waals surface area contributed by atoms with Crippen molar-refractivity contribution in [2.75, 3.05) is 6.54 Å².